The Labute approximate surface area is 106 Å². The molecule has 0 aromatic heterocycles. The van der Waals surface area contributed by atoms with Crippen LogP contribution in [-0.4, -0.2) is 38.1 Å². The fourth-order valence-electron chi connectivity index (χ4n) is 2.63. The Balaban J connectivity index is 1.98. The molecule has 2 aliphatic rings. The first kappa shape index (κ1) is 11.7. The van der Waals surface area contributed by atoms with E-state index in [1.807, 2.05) is 0 Å². The molecule has 0 saturated carbocycles. The van der Waals surface area contributed by atoms with Gasteiger partial charge in [0.15, 0.2) is 0 Å². The minimum atomic E-state index is -3.37. The second-order valence-corrected chi connectivity index (χ2v) is 6.62. The van der Waals surface area contributed by atoms with Gasteiger partial charge < -0.3 is 5.11 Å². The van der Waals surface area contributed by atoms with Gasteiger partial charge in [-0.05, 0) is 55.3 Å². The maximum atomic E-state index is 12.0. The van der Waals surface area contributed by atoms with Gasteiger partial charge in [-0.2, -0.15) is 0 Å². The zero-order chi connectivity index (χ0) is 12.8. The summed E-state index contributed by atoms with van der Waals surface area (Å²) < 4.78 is 24.0. The molecule has 2 heterocycles. The van der Waals surface area contributed by atoms with Crippen molar-refractivity contribution in [3.63, 3.8) is 0 Å². The summed E-state index contributed by atoms with van der Waals surface area (Å²) in [6, 6.07) is 4.56. The normalized spacial score (nSPS) is 21.9. The first-order chi connectivity index (χ1) is 8.56. The average molecular weight is 265 g/mol. The zero-order valence-corrected chi connectivity index (χ0v) is 10.8. The van der Waals surface area contributed by atoms with Crippen LogP contribution in [-0.2, 0) is 9.84 Å². The molecule has 0 bridgehead atoms. The maximum absolute atomic E-state index is 12.0. The van der Waals surface area contributed by atoms with Gasteiger partial charge in [-0.15, -0.1) is 0 Å². The molecule has 0 radical (unpaired) electrons. The third-order valence-electron chi connectivity index (χ3n) is 3.51. The van der Waals surface area contributed by atoms with Gasteiger partial charge in [-0.3, -0.25) is 4.90 Å². The van der Waals surface area contributed by atoms with Gasteiger partial charge >= 0.3 is 0 Å². The van der Waals surface area contributed by atoms with E-state index < -0.39 is 9.84 Å². The third-order valence-corrected chi connectivity index (χ3v) is 5.05. The van der Waals surface area contributed by atoms with E-state index >= 15 is 0 Å². The van der Waals surface area contributed by atoms with Crippen LogP contribution in [0.15, 0.2) is 28.5 Å². The lowest BCUT2D eigenvalue weighted by atomic mass is 10.1. The number of phenolic OH excluding ortho intramolecular Hbond substituents is 1. The van der Waals surface area contributed by atoms with E-state index in [0.717, 1.165) is 24.2 Å². The number of nitrogens with zero attached hydrogens (tertiary/aromatic N) is 1. The molecule has 0 aliphatic carbocycles. The Bertz CT molecular complexity index is 613. The van der Waals surface area contributed by atoms with E-state index in [1.54, 1.807) is 6.07 Å². The lowest BCUT2D eigenvalue weighted by Crippen LogP contribution is -2.21. The molecule has 96 valence electrons. The van der Waals surface area contributed by atoms with Gasteiger partial charge in [0.05, 0.1) is 4.90 Å². The van der Waals surface area contributed by atoms with Crippen molar-refractivity contribution in [3.05, 3.63) is 29.2 Å². The molecule has 1 fully saturated rings. The summed E-state index contributed by atoms with van der Waals surface area (Å²) in [7, 11) is -3.37. The fourth-order valence-corrected chi connectivity index (χ4v) is 4.12. The molecule has 0 unspecified atom stereocenters. The molecule has 4 nitrogen and oxygen atoms in total. The van der Waals surface area contributed by atoms with Crippen molar-refractivity contribution in [2.45, 2.75) is 17.7 Å². The smallest absolute Gasteiger partial charge is 0.200 e. The maximum Gasteiger partial charge on any atom is 0.200 e. The summed E-state index contributed by atoms with van der Waals surface area (Å²) in [5.41, 5.74) is 1.58. The Morgan fingerprint density at radius 3 is 2.67 bits per heavy atom. The van der Waals surface area contributed by atoms with Crippen molar-refractivity contribution >= 4 is 15.4 Å². The zero-order valence-electron chi connectivity index (χ0n) is 9.96. The Hall–Kier alpha value is -1.33. The third kappa shape index (κ3) is 1.93. The van der Waals surface area contributed by atoms with Crippen LogP contribution in [0, 0.1) is 0 Å². The van der Waals surface area contributed by atoms with E-state index in [9.17, 15) is 13.5 Å². The molecule has 1 aromatic carbocycles. The minimum Gasteiger partial charge on any atom is -0.508 e. The largest absolute Gasteiger partial charge is 0.508 e. The SMILES string of the molecule is O=S1(=O)C=C(CN2CCCC2)c2ccc(O)cc21. The van der Waals surface area contributed by atoms with Gasteiger partial charge in [0.1, 0.15) is 5.75 Å². The van der Waals surface area contributed by atoms with E-state index in [2.05, 4.69) is 4.90 Å². The summed E-state index contributed by atoms with van der Waals surface area (Å²) in [5.74, 6) is -0.00634. The Morgan fingerprint density at radius 1 is 1.22 bits per heavy atom. The molecule has 0 spiro atoms. The van der Waals surface area contributed by atoms with Gasteiger partial charge in [0.25, 0.3) is 0 Å². The highest BCUT2D eigenvalue weighted by Gasteiger charge is 2.28. The molecule has 18 heavy (non-hydrogen) atoms. The van der Waals surface area contributed by atoms with Crippen molar-refractivity contribution in [2.24, 2.45) is 0 Å². The average Bonchev–Trinajstić information content (AvgIpc) is 2.88. The van der Waals surface area contributed by atoms with E-state index in [-0.39, 0.29) is 10.6 Å². The highest BCUT2D eigenvalue weighted by Crippen LogP contribution is 2.36. The van der Waals surface area contributed by atoms with E-state index in [0.29, 0.717) is 6.54 Å². The molecule has 5 heteroatoms. The lowest BCUT2D eigenvalue weighted by Gasteiger charge is -2.15. The summed E-state index contributed by atoms with van der Waals surface area (Å²) in [5, 5.41) is 10.7. The lowest BCUT2D eigenvalue weighted by molar-refractivity contribution is 0.383. The predicted octanol–water partition coefficient (Wildman–Crippen LogP) is 1.62. The van der Waals surface area contributed by atoms with Crippen LogP contribution in [0.1, 0.15) is 18.4 Å². The first-order valence-electron chi connectivity index (χ1n) is 6.08. The summed E-state index contributed by atoms with van der Waals surface area (Å²) in [4.78, 5) is 2.50. The molecule has 1 aromatic rings. The minimum absolute atomic E-state index is 0.00634. The quantitative estimate of drug-likeness (QED) is 0.882. The number of likely N-dealkylation sites (tertiary alicyclic amines) is 1. The number of fused-ring (bicyclic) bond motifs is 1. The first-order valence-corrected chi connectivity index (χ1v) is 7.62. The number of sulfone groups is 1. The molecule has 1 saturated heterocycles. The number of benzene rings is 1. The molecule has 0 atom stereocenters. The number of hydrogen-bond donors (Lipinski definition) is 1. The molecular weight excluding hydrogens is 250 g/mol. The van der Waals surface area contributed by atoms with Gasteiger partial charge in [-0.25, -0.2) is 8.42 Å². The van der Waals surface area contributed by atoms with E-state index in [1.165, 1.54) is 30.4 Å². The van der Waals surface area contributed by atoms with Gasteiger partial charge in [-0.1, -0.05) is 0 Å². The summed E-state index contributed by atoms with van der Waals surface area (Å²) in [6.45, 7) is 2.74. The topological polar surface area (TPSA) is 57.6 Å². The second-order valence-electron chi connectivity index (χ2n) is 4.85. The second kappa shape index (κ2) is 4.10. The van der Waals surface area contributed by atoms with Crippen LogP contribution < -0.4 is 0 Å². The van der Waals surface area contributed by atoms with Crippen molar-refractivity contribution in [3.8, 4) is 5.75 Å². The van der Waals surface area contributed by atoms with E-state index in [4.69, 9.17) is 0 Å². The monoisotopic (exact) mass is 265 g/mol. The number of hydrogen-bond acceptors (Lipinski definition) is 4. The number of rotatable bonds is 2. The van der Waals surface area contributed by atoms with Crippen molar-refractivity contribution in [2.75, 3.05) is 19.6 Å². The van der Waals surface area contributed by atoms with Crippen molar-refractivity contribution < 1.29 is 13.5 Å². The number of aromatic hydroxyl groups is 1. The van der Waals surface area contributed by atoms with Crippen molar-refractivity contribution in [1.29, 1.82) is 0 Å². The molecule has 3 rings (SSSR count). The molecule has 2 aliphatic heterocycles. The van der Waals surface area contributed by atoms with Crippen LogP contribution in [0.5, 0.6) is 5.75 Å². The van der Waals surface area contributed by atoms with Crippen LogP contribution in [0.3, 0.4) is 0 Å². The molecule has 1 N–H and O–H groups in total. The number of phenols is 1. The Morgan fingerprint density at radius 2 is 1.94 bits per heavy atom. The van der Waals surface area contributed by atoms with Crippen LogP contribution >= 0.6 is 0 Å². The highest BCUT2D eigenvalue weighted by molar-refractivity contribution is 7.95. The van der Waals surface area contributed by atoms with Gasteiger partial charge in [0, 0.05) is 12.0 Å². The highest BCUT2D eigenvalue weighted by atomic mass is 32.2. The summed E-state index contributed by atoms with van der Waals surface area (Å²) in [6.07, 6.45) is 2.37. The van der Waals surface area contributed by atoms with Crippen LogP contribution in [0.2, 0.25) is 0 Å². The fraction of sp³-hybridized carbons (Fsp3) is 0.385. The van der Waals surface area contributed by atoms with Gasteiger partial charge in [0.2, 0.25) is 9.84 Å². The molecular formula is C13H15NO3S. The van der Waals surface area contributed by atoms with Crippen LogP contribution in [0.4, 0.5) is 0 Å². The van der Waals surface area contributed by atoms with Crippen LogP contribution in [0.25, 0.3) is 5.57 Å². The van der Waals surface area contributed by atoms with Crippen molar-refractivity contribution in [1.82, 2.24) is 4.90 Å². The summed E-state index contributed by atoms with van der Waals surface area (Å²) >= 11 is 0. The predicted molar refractivity (Wildman–Crippen MR) is 68.9 cm³/mol. The molecule has 0 amide bonds. The Kier molecular flexibility index (Phi) is 2.68. The standard InChI is InChI=1S/C13H15NO3S/c15-11-3-4-12-10(8-14-5-1-2-6-14)9-18(16,17)13(12)7-11/h3-4,7,9,15H,1-2,5-6,8H2.